The fourth-order valence-electron chi connectivity index (χ4n) is 6.84. The van der Waals surface area contributed by atoms with Crippen molar-refractivity contribution in [2.45, 2.75) is 83.1 Å². The van der Waals surface area contributed by atoms with E-state index in [9.17, 15) is 18.4 Å². The van der Waals surface area contributed by atoms with E-state index in [0.717, 1.165) is 65.9 Å². The molecule has 2 fully saturated rings. The van der Waals surface area contributed by atoms with Gasteiger partial charge in [0, 0.05) is 51.9 Å². The third-order valence-corrected chi connectivity index (χ3v) is 10.4. The van der Waals surface area contributed by atoms with Crippen LogP contribution in [0.1, 0.15) is 66.6 Å². The molecule has 2 aliphatic carbocycles. The summed E-state index contributed by atoms with van der Waals surface area (Å²) in [4.78, 5) is 12.1. The fourth-order valence-corrected chi connectivity index (χ4v) is 7.87. The average Bonchev–Trinajstić information content (AvgIpc) is 3.35. The topological polar surface area (TPSA) is 98.5 Å². The first-order valence-electron chi connectivity index (χ1n) is 15.6. The summed E-state index contributed by atoms with van der Waals surface area (Å²) in [5.41, 5.74) is 5.13. The molecule has 4 heterocycles. The molecule has 12 heteroatoms. The highest BCUT2D eigenvalue weighted by molar-refractivity contribution is 7.18. The normalized spacial score (nSPS) is 18.8. The van der Waals surface area contributed by atoms with Crippen molar-refractivity contribution >= 4 is 44.0 Å². The molecule has 2 saturated carbocycles. The molecule has 4 aromatic heterocycles. The second-order valence-electron chi connectivity index (χ2n) is 12.5. The second-order valence-corrected chi connectivity index (χ2v) is 13.6. The van der Waals surface area contributed by atoms with Crippen LogP contribution in [-0.2, 0) is 13.0 Å². The van der Waals surface area contributed by atoms with Gasteiger partial charge in [0.25, 0.3) is 0 Å². The first kappa shape index (κ1) is 29.6. The van der Waals surface area contributed by atoms with Crippen LogP contribution < -0.4 is 10.2 Å². The van der Waals surface area contributed by atoms with Crippen molar-refractivity contribution in [2.75, 3.05) is 16.8 Å². The number of anilines is 2. The third kappa shape index (κ3) is 6.36. The molecule has 2 N–H and O–H groups in total. The number of nitrogens with one attached hydrogen (secondary N) is 2. The molecular formula is C33H35F3N8S. The predicted molar refractivity (Wildman–Crippen MR) is 171 cm³/mol. The van der Waals surface area contributed by atoms with E-state index in [1.165, 1.54) is 36.8 Å². The Morgan fingerprint density at radius 2 is 1.93 bits per heavy atom. The van der Waals surface area contributed by atoms with Crippen molar-refractivity contribution in [1.82, 2.24) is 24.7 Å². The van der Waals surface area contributed by atoms with Crippen molar-refractivity contribution in [3.05, 3.63) is 64.7 Å². The van der Waals surface area contributed by atoms with Gasteiger partial charge in [-0.2, -0.15) is 23.5 Å². The van der Waals surface area contributed by atoms with Crippen LogP contribution in [0.2, 0.25) is 0 Å². The highest BCUT2D eigenvalue weighted by Gasteiger charge is 2.31. The van der Waals surface area contributed by atoms with E-state index in [-0.39, 0.29) is 10.9 Å². The van der Waals surface area contributed by atoms with Crippen molar-refractivity contribution < 1.29 is 13.2 Å². The molecule has 0 bridgehead atoms. The minimum Gasteiger partial charge on any atom is -0.368 e. The summed E-state index contributed by atoms with van der Waals surface area (Å²) in [5.74, 6) is 1.43. The predicted octanol–water partition coefficient (Wildman–Crippen LogP) is 7.73. The number of alkyl halides is 3. The maximum Gasteiger partial charge on any atom is 0.393 e. The number of rotatable bonds is 10. The molecule has 2 aliphatic rings. The van der Waals surface area contributed by atoms with Gasteiger partial charge in [0.05, 0.1) is 24.5 Å². The molecule has 0 amide bonds. The Kier molecular flexibility index (Phi) is 7.89. The summed E-state index contributed by atoms with van der Waals surface area (Å²) in [5, 5.41) is 22.2. The van der Waals surface area contributed by atoms with Gasteiger partial charge in [-0.1, -0.05) is 12.8 Å². The largest absolute Gasteiger partial charge is 0.393 e. The number of benzene rings is 1. The fraction of sp³-hybridized carbons (Fsp3) is 0.455. The number of aromatic nitrogens is 5. The number of nitrogens with zero attached hydrogens (tertiary/aromatic N) is 6. The quantitative estimate of drug-likeness (QED) is 0.164. The Morgan fingerprint density at radius 3 is 2.64 bits per heavy atom. The van der Waals surface area contributed by atoms with Crippen molar-refractivity contribution in [2.24, 2.45) is 5.92 Å². The summed E-state index contributed by atoms with van der Waals surface area (Å²) < 4.78 is 41.1. The van der Waals surface area contributed by atoms with Gasteiger partial charge >= 0.3 is 6.18 Å². The summed E-state index contributed by atoms with van der Waals surface area (Å²) in [6.07, 6.45) is 7.56. The van der Waals surface area contributed by atoms with Gasteiger partial charge in [0.2, 0.25) is 0 Å². The van der Waals surface area contributed by atoms with Gasteiger partial charge in [-0.3, -0.25) is 5.10 Å². The van der Waals surface area contributed by atoms with Crippen LogP contribution in [-0.4, -0.2) is 49.5 Å². The Balaban J connectivity index is 1.10. The molecule has 45 heavy (non-hydrogen) atoms. The second kappa shape index (κ2) is 12.0. The standard InChI is InChI=1S/C33H35F3N8S/c1-20-27-12-25(15-37)44(18-22-16-40-41-17-22)30(27)9-8-29(20)43(11-10-21-2-3-21)24-6-4-23(5-7-24)42-31-28-13-26(14-33(34,35)36)45-32(28)39-19-38-31/h8-9,12-13,16-17,19,21,23-24H,2-7,10-11,14,18H2,1H3,(H,40,41)(H,38,39,42). The summed E-state index contributed by atoms with van der Waals surface area (Å²) in [6.45, 7) is 3.76. The van der Waals surface area contributed by atoms with E-state index in [0.29, 0.717) is 34.3 Å². The highest BCUT2D eigenvalue weighted by Crippen LogP contribution is 2.39. The third-order valence-electron chi connectivity index (χ3n) is 9.35. The van der Waals surface area contributed by atoms with Gasteiger partial charge in [0.1, 0.15) is 28.7 Å². The van der Waals surface area contributed by atoms with Crippen LogP contribution in [0.15, 0.2) is 43.0 Å². The van der Waals surface area contributed by atoms with Crippen LogP contribution >= 0.6 is 11.3 Å². The van der Waals surface area contributed by atoms with Gasteiger partial charge < -0.3 is 14.8 Å². The molecule has 234 valence electrons. The summed E-state index contributed by atoms with van der Waals surface area (Å²) in [7, 11) is 0. The van der Waals surface area contributed by atoms with E-state index in [1.807, 2.05) is 12.3 Å². The zero-order valence-electron chi connectivity index (χ0n) is 25.1. The minimum atomic E-state index is -4.25. The van der Waals surface area contributed by atoms with Crippen molar-refractivity contribution in [3.63, 3.8) is 0 Å². The van der Waals surface area contributed by atoms with Crippen LogP contribution in [0.5, 0.6) is 0 Å². The van der Waals surface area contributed by atoms with Crippen LogP contribution in [0, 0.1) is 24.2 Å². The Labute approximate surface area is 263 Å². The monoisotopic (exact) mass is 632 g/mol. The number of nitriles is 1. The smallest absolute Gasteiger partial charge is 0.368 e. The van der Waals surface area contributed by atoms with Gasteiger partial charge in [-0.05, 0) is 74.8 Å². The lowest BCUT2D eigenvalue weighted by Crippen LogP contribution is -2.41. The molecule has 8 nitrogen and oxygen atoms in total. The van der Waals surface area contributed by atoms with Crippen LogP contribution in [0.4, 0.5) is 24.7 Å². The molecule has 1 aromatic carbocycles. The van der Waals surface area contributed by atoms with E-state index in [1.54, 1.807) is 12.3 Å². The average molecular weight is 633 g/mol. The lowest BCUT2D eigenvalue weighted by Gasteiger charge is -2.39. The molecule has 0 saturated heterocycles. The first-order valence-corrected chi connectivity index (χ1v) is 16.4. The van der Waals surface area contributed by atoms with Gasteiger partial charge in [-0.15, -0.1) is 11.3 Å². The molecule has 0 atom stereocenters. The molecular weight excluding hydrogens is 597 g/mol. The van der Waals surface area contributed by atoms with E-state index < -0.39 is 12.6 Å². The maximum absolute atomic E-state index is 13.0. The van der Waals surface area contributed by atoms with Gasteiger partial charge in [0.15, 0.2) is 0 Å². The van der Waals surface area contributed by atoms with Crippen molar-refractivity contribution in [1.29, 1.82) is 5.26 Å². The molecule has 5 aromatic rings. The number of aromatic amines is 1. The Morgan fingerprint density at radius 1 is 1.11 bits per heavy atom. The number of aryl methyl sites for hydroxylation is 1. The molecule has 0 aliphatic heterocycles. The molecule has 0 unspecified atom stereocenters. The van der Waals surface area contributed by atoms with E-state index in [4.69, 9.17) is 0 Å². The van der Waals surface area contributed by atoms with E-state index in [2.05, 4.69) is 60.1 Å². The number of halogens is 3. The zero-order valence-corrected chi connectivity index (χ0v) is 25.9. The maximum atomic E-state index is 13.0. The highest BCUT2D eigenvalue weighted by atomic mass is 32.1. The Hall–Kier alpha value is -4.11. The summed E-state index contributed by atoms with van der Waals surface area (Å²) >= 11 is 1.08. The lowest BCUT2D eigenvalue weighted by molar-refractivity contribution is -0.126. The van der Waals surface area contributed by atoms with Crippen LogP contribution in [0.3, 0.4) is 0 Å². The molecule has 0 spiro atoms. The number of fused-ring (bicyclic) bond motifs is 2. The van der Waals surface area contributed by atoms with Crippen molar-refractivity contribution in [3.8, 4) is 6.07 Å². The number of thiophene rings is 1. The molecule has 7 rings (SSSR count). The minimum absolute atomic E-state index is 0.189. The first-order chi connectivity index (χ1) is 21.8. The molecule has 0 radical (unpaired) electrons. The Bertz CT molecular complexity index is 1840. The van der Waals surface area contributed by atoms with Gasteiger partial charge in [-0.25, -0.2) is 9.97 Å². The number of H-pyrrole nitrogens is 1. The number of hydrogen-bond donors (Lipinski definition) is 2. The zero-order chi connectivity index (χ0) is 31.1. The summed E-state index contributed by atoms with van der Waals surface area (Å²) in [6, 6.07) is 10.9. The van der Waals surface area contributed by atoms with Crippen LogP contribution in [0.25, 0.3) is 21.1 Å². The van der Waals surface area contributed by atoms with E-state index >= 15 is 0 Å². The number of hydrogen-bond acceptors (Lipinski definition) is 7. The lowest BCUT2D eigenvalue weighted by atomic mass is 9.89. The SMILES string of the molecule is Cc1c(N(CCC2CC2)C2CCC(Nc3ncnc4sc(CC(F)(F)F)cc34)CC2)ccc2c1cc(C#N)n2Cc1cn[nH]c1.